The summed E-state index contributed by atoms with van der Waals surface area (Å²) in [4.78, 5) is 33.2. The lowest BCUT2D eigenvalue weighted by Gasteiger charge is -2.12. The molecular formula is C23H20ClN3O3S2. The predicted molar refractivity (Wildman–Crippen MR) is 133 cm³/mol. The number of thiophene rings is 1. The van der Waals surface area contributed by atoms with Crippen molar-refractivity contribution in [2.45, 2.75) is 19.0 Å². The molecule has 0 radical (unpaired) electrons. The van der Waals surface area contributed by atoms with E-state index < -0.39 is 0 Å². The van der Waals surface area contributed by atoms with Crippen LogP contribution in [-0.4, -0.2) is 28.7 Å². The van der Waals surface area contributed by atoms with Crippen LogP contribution in [0.4, 0.5) is 5.69 Å². The Labute approximate surface area is 198 Å². The quantitative estimate of drug-likeness (QED) is 0.272. The van der Waals surface area contributed by atoms with E-state index in [1.54, 1.807) is 12.1 Å². The summed E-state index contributed by atoms with van der Waals surface area (Å²) in [6.45, 7) is 3.87. The number of H-pyrrole nitrogens is 1. The molecule has 4 aromatic rings. The molecular weight excluding hydrogens is 466 g/mol. The van der Waals surface area contributed by atoms with Crippen LogP contribution in [0, 0.1) is 13.8 Å². The Morgan fingerprint density at radius 2 is 2.00 bits per heavy atom. The van der Waals surface area contributed by atoms with E-state index in [0.29, 0.717) is 31.8 Å². The first-order valence-electron chi connectivity index (χ1n) is 9.71. The Morgan fingerprint density at radius 1 is 1.25 bits per heavy atom. The van der Waals surface area contributed by atoms with E-state index >= 15 is 0 Å². The van der Waals surface area contributed by atoms with Gasteiger partial charge in [-0.15, -0.1) is 11.3 Å². The zero-order chi connectivity index (χ0) is 22.8. The van der Waals surface area contributed by atoms with Gasteiger partial charge in [0.25, 0.3) is 5.56 Å². The molecule has 2 heterocycles. The normalized spacial score (nSPS) is 11.0. The van der Waals surface area contributed by atoms with Gasteiger partial charge in [0.2, 0.25) is 5.91 Å². The predicted octanol–water partition coefficient (Wildman–Crippen LogP) is 5.66. The van der Waals surface area contributed by atoms with Crippen molar-refractivity contribution in [3.8, 4) is 16.9 Å². The van der Waals surface area contributed by atoms with Crippen LogP contribution in [-0.2, 0) is 4.79 Å². The number of thioether (sulfide) groups is 1. The van der Waals surface area contributed by atoms with Crippen LogP contribution in [0.25, 0.3) is 21.3 Å². The number of amides is 1. The number of anilines is 1. The van der Waals surface area contributed by atoms with Gasteiger partial charge in [0, 0.05) is 22.0 Å². The first-order chi connectivity index (χ1) is 15.4. The maximum absolute atomic E-state index is 12.8. The van der Waals surface area contributed by atoms with Crippen LogP contribution in [0.15, 0.2) is 51.7 Å². The van der Waals surface area contributed by atoms with Crippen LogP contribution in [0.3, 0.4) is 0 Å². The standard InChI is InChI=1S/C23H20ClN3O3S2/c1-12-4-6-14(7-5-12)15-10-31-22-20(15)21(29)26-23(27-22)32-11-19(28)25-17-8-13(2)16(24)9-18(17)30-3/h4-10H,11H2,1-3H3,(H,25,28)(H,26,27,29). The SMILES string of the molecule is COc1cc(Cl)c(C)cc1NC(=O)CSc1nc2scc(-c3ccc(C)cc3)c2c(=O)[nH]1. The Morgan fingerprint density at radius 3 is 2.72 bits per heavy atom. The van der Waals surface area contributed by atoms with Crippen LogP contribution in [0.2, 0.25) is 5.02 Å². The third-order valence-electron chi connectivity index (χ3n) is 4.88. The summed E-state index contributed by atoms with van der Waals surface area (Å²) in [5.74, 6) is 0.313. The Kier molecular flexibility index (Phi) is 6.55. The van der Waals surface area contributed by atoms with Gasteiger partial charge in [-0.25, -0.2) is 4.98 Å². The molecule has 0 aliphatic rings. The van der Waals surface area contributed by atoms with Crippen molar-refractivity contribution in [2.75, 3.05) is 18.2 Å². The third-order valence-corrected chi connectivity index (χ3v) is 7.03. The average Bonchev–Trinajstić information content (AvgIpc) is 3.20. The molecule has 0 atom stereocenters. The fourth-order valence-electron chi connectivity index (χ4n) is 3.19. The van der Waals surface area contributed by atoms with Crippen molar-refractivity contribution in [2.24, 2.45) is 0 Å². The van der Waals surface area contributed by atoms with E-state index in [0.717, 1.165) is 22.3 Å². The number of ether oxygens (including phenoxy) is 1. The number of hydrogen-bond acceptors (Lipinski definition) is 6. The minimum atomic E-state index is -0.246. The molecule has 32 heavy (non-hydrogen) atoms. The first kappa shape index (κ1) is 22.4. The molecule has 0 saturated carbocycles. The molecule has 0 aliphatic heterocycles. The number of carbonyl (C=O) groups excluding carboxylic acids is 1. The Balaban J connectivity index is 1.51. The number of benzene rings is 2. The molecule has 0 bridgehead atoms. The van der Waals surface area contributed by atoms with E-state index in [1.165, 1.54) is 30.2 Å². The van der Waals surface area contributed by atoms with Gasteiger partial charge in [-0.3, -0.25) is 9.59 Å². The number of aryl methyl sites for hydroxylation is 2. The van der Waals surface area contributed by atoms with Crippen LogP contribution in [0.1, 0.15) is 11.1 Å². The highest BCUT2D eigenvalue weighted by molar-refractivity contribution is 7.99. The van der Waals surface area contributed by atoms with Gasteiger partial charge < -0.3 is 15.0 Å². The molecule has 0 spiro atoms. The van der Waals surface area contributed by atoms with Gasteiger partial charge in [0.1, 0.15) is 10.6 Å². The molecule has 164 valence electrons. The van der Waals surface area contributed by atoms with Crippen molar-refractivity contribution >= 4 is 56.5 Å². The highest BCUT2D eigenvalue weighted by Crippen LogP contribution is 2.33. The summed E-state index contributed by atoms with van der Waals surface area (Å²) in [7, 11) is 1.52. The summed E-state index contributed by atoms with van der Waals surface area (Å²) in [5.41, 5.74) is 4.14. The molecule has 2 N–H and O–H groups in total. The van der Waals surface area contributed by atoms with Gasteiger partial charge in [-0.1, -0.05) is 53.2 Å². The molecule has 4 rings (SSSR count). The number of nitrogens with one attached hydrogen (secondary N) is 2. The zero-order valence-corrected chi connectivity index (χ0v) is 20.0. The van der Waals surface area contributed by atoms with Crippen molar-refractivity contribution < 1.29 is 9.53 Å². The second kappa shape index (κ2) is 9.36. The summed E-state index contributed by atoms with van der Waals surface area (Å²) in [6, 6.07) is 11.4. The minimum Gasteiger partial charge on any atom is -0.495 e. The molecule has 0 fully saturated rings. The van der Waals surface area contributed by atoms with Gasteiger partial charge in [0.15, 0.2) is 5.16 Å². The van der Waals surface area contributed by atoms with Crippen molar-refractivity contribution in [1.29, 1.82) is 0 Å². The minimum absolute atomic E-state index is 0.0788. The molecule has 2 aromatic heterocycles. The van der Waals surface area contributed by atoms with Crippen molar-refractivity contribution in [1.82, 2.24) is 9.97 Å². The topological polar surface area (TPSA) is 84.1 Å². The fraction of sp³-hybridized carbons (Fsp3) is 0.174. The Hall–Kier alpha value is -2.81. The third kappa shape index (κ3) is 4.67. The lowest BCUT2D eigenvalue weighted by Crippen LogP contribution is -2.16. The summed E-state index contributed by atoms with van der Waals surface area (Å²) >= 11 is 8.69. The molecule has 1 amide bonds. The zero-order valence-electron chi connectivity index (χ0n) is 17.6. The smallest absolute Gasteiger partial charge is 0.260 e. The number of methoxy groups -OCH3 is 1. The summed E-state index contributed by atoms with van der Waals surface area (Å²) < 4.78 is 5.29. The highest BCUT2D eigenvalue weighted by atomic mass is 35.5. The monoisotopic (exact) mass is 485 g/mol. The Bertz CT molecular complexity index is 1360. The number of hydrogen-bond donors (Lipinski definition) is 2. The largest absolute Gasteiger partial charge is 0.495 e. The van der Waals surface area contributed by atoms with E-state index in [9.17, 15) is 9.59 Å². The van der Waals surface area contributed by atoms with Crippen LogP contribution >= 0.6 is 34.7 Å². The van der Waals surface area contributed by atoms with Crippen molar-refractivity contribution in [3.05, 3.63) is 68.3 Å². The van der Waals surface area contributed by atoms with Gasteiger partial charge in [0.05, 0.1) is 23.9 Å². The number of aromatic nitrogens is 2. The molecule has 9 heteroatoms. The maximum Gasteiger partial charge on any atom is 0.260 e. The van der Waals surface area contributed by atoms with E-state index in [2.05, 4.69) is 15.3 Å². The maximum atomic E-state index is 12.8. The van der Waals surface area contributed by atoms with Gasteiger partial charge in [-0.2, -0.15) is 0 Å². The summed E-state index contributed by atoms with van der Waals surface area (Å²) in [5, 5.41) is 6.28. The second-order valence-electron chi connectivity index (χ2n) is 7.21. The van der Waals surface area contributed by atoms with Crippen LogP contribution < -0.4 is 15.6 Å². The number of fused-ring (bicyclic) bond motifs is 1. The number of halogens is 1. The molecule has 0 aliphatic carbocycles. The molecule has 0 unspecified atom stereocenters. The number of nitrogens with zero attached hydrogens (tertiary/aromatic N) is 1. The number of rotatable bonds is 6. The van der Waals surface area contributed by atoms with E-state index in [4.69, 9.17) is 16.3 Å². The van der Waals surface area contributed by atoms with Crippen molar-refractivity contribution in [3.63, 3.8) is 0 Å². The summed E-state index contributed by atoms with van der Waals surface area (Å²) in [6.07, 6.45) is 0. The fourth-order valence-corrected chi connectivity index (χ4v) is 5.01. The number of aromatic amines is 1. The van der Waals surface area contributed by atoms with Gasteiger partial charge >= 0.3 is 0 Å². The van der Waals surface area contributed by atoms with E-state index in [1.807, 2.05) is 43.5 Å². The highest BCUT2D eigenvalue weighted by Gasteiger charge is 2.15. The first-order valence-corrected chi connectivity index (χ1v) is 12.0. The molecule has 2 aromatic carbocycles. The lowest BCUT2D eigenvalue weighted by atomic mass is 10.1. The van der Waals surface area contributed by atoms with Gasteiger partial charge in [-0.05, 0) is 31.0 Å². The molecule has 0 saturated heterocycles. The second-order valence-corrected chi connectivity index (χ2v) is 9.43. The molecule has 6 nitrogen and oxygen atoms in total. The lowest BCUT2D eigenvalue weighted by molar-refractivity contribution is -0.113. The van der Waals surface area contributed by atoms with Crippen LogP contribution in [0.5, 0.6) is 5.75 Å². The average molecular weight is 486 g/mol. The van der Waals surface area contributed by atoms with E-state index in [-0.39, 0.29) is 17.2 Å². The number of carbonyl (C=O) groups is 1.